The largest absolute Gasteiger partial charge is 0.497 e. The summed E-state index contributed by atoms with van der Waals surface area (Å²) in [5, 5.41) is 0. The van der Waals surface area contributed by atoms with E-state index in [2.05, 4.69) is 51.1 Å². The Morgan fingerprint density at radius 2 is 1.48 bits per heavy atom. The van der Waals surface area contributed by atoms with E-state index in [1.54, 1.807) is 7.11 Å². The zero-order chi connectivity index (χ0) is 20.6. The van der Waals surface area contributed by atoms with Crippen LogP contribution in [0.3, 0.4) is 0 Å². The summed E-state index contributed by atoms with van der Waals surface area (Å²) >= 11 is 0. The number of methoxy groups -OCH3 is 1. The fourth-order valence-electron chi connectivity index (χ4n) is 4.81. The lowest BCUT2D eigenvalue weighted by molar-refractivity contribution is 0.0948. The van der Waals surface area contributed by atoms with E-state index in [0.29, 0.717) is 5.56 Å². The third-order valence-corrected chi connectivity index (χ3v) is 6.08. The second kappa shape index (κ2) is 7.07. The van der Waals surface area contributed by atoms with Crippen LogP contribution in [-0.2, 0) is 5.41 Å². The normalized spacial score (nSPS) is 20.1. The SMILES string of the molecule is COc1ccc([C@@]2(C)CC(C)(C)N(C(=O)c3ccccc3)c3ccccc32)cc1. The Morgan fingerprint density at radius 3 is 2.14 bits per heavy atom. The van der Waals surface area contributed by atoms with Crippen molar-refractivity contribution in [2.45, 2.75) is 38.1 Å². The maximum Gasteiger partial charge on any atom is 0.258 e. The molecule has 0 N–H and O–H groups in total. The highest BCUT2D eigenvalue weighted by Gasteiger charge is 2.47. The number of benzene rings is 3. The van der Waals surface area contributed by atoms with E-state index in [1.165, 1.54) is 11.1 Å². The average molecular weight is 386 g/mol. The zero-order valence-corrected chi connectivity index (χ0v) is 17.5. The Kier molecular flexibility index (Phi) is 4.70. The predicted molar refractivity (Wildman–Crippen MR) is 118 cm³/mol. The molecule has 1 amide bonds. The van der Waals surface area contributed by atoms with Gasteiger partial charge in [-0.25, -0.2) is 0 Å². The average Bonchev–Trinajstić information content (AvgIpc) is 2.73. The fraction of sp³-hybridized carbons (Fsp3) is 0.269. The molecule has 29 heavy (non-hydrogen) atoms. The van der Waals surface area contributed by atoms with Gasteiger partial charge in [-0.1, -0.05) is 55.5 Å². The van der Waals surface area contributed by atoms with E-state index < -0.39 is 0 Å². The number of ether oxygens (including phenoxy) is 1. The quantitative estimate of drug-likeness (QED) is 0.568. The number of rotatable bonds is 3. The molecule has 1 aliphatic rings. The summed E-state index contributed by atoms with van der Waals surface area (Å²) < 4.78 is 5.34. The standard InChI is InChI=1S/C26H27NO2/c1-25(2)18-26(3,20-14-16-21(29-4)17-15-20)22-12-8-9-13-23(22)27(25)24(28)19-10-6-5-7-11-19/h5-17H,18H2,1-4H3/t26-/m1/s1. The van der Waals surface area contributed by atoms with Crippen LogP contribution in [0.4, 0.5) is 5.69 Å². The molecule has 3 aromatic carbocycles. The predicted octanol–water partition coefficient (Wildman–Crippen LogP) is 5.83. The second-order valence-corrected chi connectivity index (χ2v) is 8.57. The third kappa shape index (κ3) is 3.21. The van der Waals surface area contributed by atoms with Gasteiger partial charge in [0.15, 0.2) is 0 Å². The molecule has 0 aromatic heterocycles. The van der Waals surface area contributed by atoms with Crippen LogP contribution < -0.4 is 9.64 Å². The molecule has 1 atom stereocenters. The highest BCUT2D eigenvalue weighted by atomic mass is 16.5. The minimum atomic E-state index is -0.351. The van der Waals surface area contributed by atoms with E-state index in [9.17, 15) is 4.79 Å². The zero-order valence-electron chi connectivity index (χ0n) is 17.5. The van der Waals surface area contributed by atoms with Gasteiger partial charge < -0.3 is 9.64 Å². The van der Waals surface area contributed by atoms with Gasteiger partial charge in [-0.05, 0) is 61.7 Å². The van der Waals surface area contributed by atoms with E-state index in [-0.39, 0.29) is 16.9 Å². The van der Waals surface area contributed by atoms with Crippen molar-refractivity contribution in [2.24, 2.45) is 0 Å². The molecule has 0 bridgehead atoms. The Morgan fingerprint density at radius 1 is 0.862 bits per heavy atom. The van der Waals surface area contributed by atoms with Crippen LogP contribution in [0.15, 0.2) is 78.9 Å². The molecule has 148 valence electrons. The van der Waals surface area contributed by atoms with Crippen LogP contribution in [0, 0.1) is 0 Å². The Balaban J connectivity index is 1.86. The highest BCUT2D eigenvalue weighted by molar-refractivity contribution is 6.08. The van der Waals surface area contributed by atoms with Gasteiger partial charge in [0, 0.05) is 22.2 Å². The lowest BCUT2D eigenvalue weighted by Crippen LogP contribution is -2.55. The van der Waals surface area contributed by atoms with Gasteiger partial charge in [0.2, 0.25) is 0 Å². The molecule has 0 aliphatic carbocycles. The Bertz CT molecular complexity index is 1020. The van der Waals surface area contributed by atoms with Gasteiger partial charge in [-0.15, -0.1) is 0 Å². The molecule has 1 heterocycles. The summed E-state index contributed by atoms with van der Waals surface area (Å²) in [6, 6.07) is 26.1. The maximum absolute atomic E-state index is 13.5. The molecule has 0 fully saturated rings. The number of amides is 1. The van der Waals surface area contributed by atoms with Gasteiger partial charge in [0.1, 0.15) is 5.75 Å². The highest BCUT2D eigenvalue weighted by Crippen LogP contribution is 2.50. The van der Waals surface area contributed by atoms with Crippen LogP contribution in [0.1, 0.15) is 48.7 Å². The van der Waals surface area contributed by atoms with E-state index in [1.807, 2.05) is 53.4 Å². The number of carbonyl (C=O) groups is 1. The molecule has 3 heteroatoms. The van der Waals surface area contributed by atoms with Gasteiger partial charge in [-0.3, -0.25) is 4.79 Å². The molecule has 0 saturated heterocycles. The molecular formula is C26H27NO2. The summed E-state index contributed by atoms with van der Waals surface area (Å²) in [7, 11) is 1.68. The second-order valence-electron chi connectivity index (χ2n) is 8.57. The van der Waals surface area contributed by atoms with E-state index >= 15 is 0 Å². The van der Waals surface area contributed by atoms with Crippen molar-refractivity contribution in [2.75, 3.05) is 12.0 Å². The van der Waals surface area contributed by atoms with Crippen molar-refractivity contribution >= 4 is 11.6 Å². The van der Waals surface area contributed by atoms with E-state index in [0.717, 1.165) is 17.9 Å². The first kappa shape index (κ1) is 19.3. The maximum atomic E-state index is 13.5. The summed E-state index contributed by atoms with van der Waals surface area (Å²) in [4.78, 5) is 15.5. The summed E-state index contributed by atoms with van der Waals surface area (Å²) in [5.74, 6) is 0.890. The number of carbonyl (C=O) groups excluding carboxylic acids is 1. The molecule has 0 saturated carbocycles. The van der Waals surface area contributed by atoms with Crippen LogP contribution in [0.2, 0.25) is 0 Å². The number of anilines is 1. The number of nitrogens with zero attached hydrogens (tertiary/aromatic N) is 1. The molecule has 0 unspecified atom stereocenters. The van der Waals surface area contributed by atoms with Crippen molar-refractivity contribution in [1.82, 2.24) is 0 Å². The minimum Gasteiger partial charge on any atom is -0.497 e. The van der Waals surface area contributed by atoms with Gasteiger partial charge in [0.05, 0.1) is 7.11 Å². The molecule has 3 aromatic rings. The molecule has 0 spiro atoms. The lowest BCUT2D eigenvalue weighted by Gasteiger charge is -2.51. The molecule has 3 nitrogen and oxygen atoms in total. The van der Waals surface area contributed by atoms with Crippen LogP contribution in [0.25, 0.3) is 0 Å². The molecule has 4 rings (SSSR count). The first-order chi connectivity index (χ1) is 13.9. The van der Waals surface area contributed by atoms with Crippen molar-refractivity contribution in [3.8, 4) is 5.75 Å². The Labute approximate surface area is 172 Å². The van der Waals surface area contributed by atoms with Crippen molar-refractivity contribution in [3.63, 3.8) is 0 Å². The number of hydrogen-bond donors (Lipinski definition) is 0. The summed E-state index contributed by atoms with van der Waals surface area (Å²) in [6.45, 7) is 6.59. The first-order valence-corrected chi connectivity index (χ1v) is 10.0. The van der Waals surface area contributed by atoms with Crippen molar-refractivity contribution in [1.29, 1.82) is 0 Å². The molecular weight excluding hydrogens is 358 g/mol. The van der Waals surface area contributed by atoms with Crippen LogP contribution in [0.5, 0.6) is 5.75 Å². The third-order valence-electron chi connectivity index (χ3n) is 6.08. The summed E-state index contributed by atoms with van der Waals surface area (Å²) in [5.41, 5.74) is 3.54. The smallest absolute Gasteiger partial charge is 0.258 e. The van der Waals surface area contributed by atoms with Gasteiger partial charge in [-0.2, -0.15) is 0 Å². The van der Waals surface area contributed by atoms with Crippen molar-refractivity contribution < 1.29 is 9.53 Å². The van der Waals surface area contributed by atoms with Crippen LogP contribution >= 0.6 is 0 Å². The van der Waals surface area contributed by atoms with Gasteiger partial charge >= 0.3 is 0 Å². The minimum absolute atomic E-state index is 0.0415. The summed E-state index contributed by atoms with van der Waals surface area (Å²) in [6.07, 6.45) is 0.821. The number of fused-ring (bicyclic) bond motifs is 1. The van der Waals surface area contributed by atoms with Crippen molar-refractivity contribution in [3.05, 3.63) is 95.6 Å². The molecule has 1 aliphatic heterocycles. The lowest BCUT2D eigenvalue weighted by atomic mass is 9.65. The Hall–Kier alpha value is -3.07. The van der Waals surface area contributed by atoms with E-state index in [4.69, 9.17) is 4.74 Å². The van der Waals surface area contributed by atoms with Crippen LogP contribution in [-0.4, -0.2) is 18.6 Å². The molecule has 0 radical (unpaired) electrons. The van der Waals surface area contributed by atoms with Gasteiger partial charge in [0.25, 0.3) is 5.91 Å². The number of para-hydroxylation sites is 1. The topological polar surface area (TPSA) is 29.5 Å². The monoisotopic (exact) mass is 385 g/mol. The first-order valence-electron chi connectivity index (χ1n) is 10.0. The number of hydrogen-bond acceptors (Lipinski definition) is 2. The fourth-order valence-corrected chi connectivity index (χ4v) is 4.81.